The molecule has 7 nitrogen and oxygen atoms in total. The van der Waals surface area contributed by atoms with Gasteiger partial charge in [-0.25, -0.2) is 0 Å². The lowest BCUT2D eigenvalue weighted by Gasteiger charge is -2.24. The van der Waals surface area contributed by atoms with E-state index in [-0.39, 0.29) is 11.3 Å². The molecule has 5 rings (SSSR count). The van der Waals surface area contributed by atoms with Gasteiger partial charge in [-0.1, -0.05) is 6.42 Å². The molecule has 128 valence electrons. The van der Waals surface area contributed by atoms with Crippen LogP contribution in [0.3, 0.4) is 0 Å². The van der Waals surface area contributed by atoms with Crippen molar-refractivity contribution in [2.24, 2.45) is 5.92 Å². The van der Waals surface area contributed by atoms with Crippen molar-refractivity contribution in [3.8, 4) is 0 Å². The molecule has 1 aromatic carbocycles. The first-order valence-electron chi connectivity index (χ1n) is 8.69. The Morgan fingerprint density at radius 3 is 3.16 bits per heavy atom. The van der Waals surface area contributed by atoms with Gasteiger partial charge in [0.1, 0.15) is 0 Å². The van der Waals surface area contributed by atoms with Gasteiger partial charge in [0.15, 0.2) is 0 Å². The molecular weight excluding hydrogens is 318 g/mol. The first kappa shape index (κ1) is 14.6. The molecule has 0 bridgehead atoms. The van der Waals surface area contributed by atoms with Gasteiger partial charge in [-0.15, -0.1) is 10.2 Å². The summed E-state index contributed by atoms with van der Waals surface area (Å²) in [7, 11) is 0. The van der Waals surface area contributed by atoms with Crippen molar-refractivity contribution >= 4 is 16.8 Å². The molecule has 2 fully saturated rings. The number of nitrogens with one attached hydrogen (secondary N) is 1. The summed E-state index contributed by atoms with van der Waals surface area (Å²) in [6.45, 7) is 3.22. The number of hydrogen-bond donors (Lipinski definition) is 1. The number of fused-ring (bicyclic) bond motifs is 2. The Balaban J connectivity index is 1.46. The highest BCUT2D eigenvalue weighted by Crippen LogP contribution is 2.50. The Morgan fingerprint density at radius 2 is 2.32 bits per heavy atom. The molecule has 1 amide bonds. The summed E-state index contributed by atoms with van der Waals surface area (Å²) in [6, 6.07) is 5.67. The van der Waals surface area contributed by atoms with Gasteiger partial charge in [-0.2, -0.15) is 5.10 Å². The average Bonchev–Trinajstić information content (AvgIpc) is 3.35. The second-order valence-electron chi connectivity index (χ2n) is 7.23. The van der Waals surface area contributed by atoms with Gasteiger partial charge >= 0.3 is 0 Å². The zero-order chi connectivity index (χ0) is 17.0. The highest BCUT2D eigenvalue weighted by Gasteiger charge is 2.55. The molecule has 1 saturated heterocycles. The minimum absolute atomic E-state index is 0.0631. The molecule has 1 aliphatic carbocycles. The number of likely N-dealkylation sites (tertiary alicyclic amines) is 1. The maximum atomic E-state index is 13.1. The second kappa shape index (κ2) is 5.15. The molecular formula is C18H19N5O2. The summed E-state index contributed by atoms with van der Waals surface area (Å²) in [5.74, 6) is 1.75. The SMILES string of the molecule is Cc1nnc([C@]23CCC[C@H]2CN(C(=O)c2ccc4[nH]ncc4c2)C3)o1. The van der Waals surface area contributed by atoms with Crippen molar-refractivity contribution < 1.29 is 9.21 Å². The number of amides is 1. The van der Waals surface area contributed by atoms with E-state index in [1.165, 1.54) is 0 Å². The highest BCUT2D eigenvalue weighted by atomic mass is 16.4. The molecule has 0 unspecified atom stereocenters. The lowest BCUT2D eigenvalue weighted by Crippen LogP contribution is -2.34. The van der Waals surface area contributed by atoms with E-state index in [0.717, 1.165) is 36.7 Å². The van der Waals surface area contributed by atoms with Crippen molar-refractivity contribution in [3.05, 3.63) is 41.7 Å². The second-order valence-corrected chi connectivity index (χ2v) is 7.23. The molecule has 7 heteroatoms. The van der Waals surface area contributed by atoms with Crippen molar-refractivity contribution in [2.45, 2.75) is 31.6 Å². The van der Waals surface area contributed by atoms with Crippen LogP contribution in [0.4, 0.5) is 0 Å². The van der Waals surface area contributed by atoms with Crippen LogP contribution >= 0.6 is 0 Å². The fourth-order valence-corrected chi connectivity index (χ4v) is 4.55. The minimum atomic E-state index is -0.170. The van der Waals surface area contributed by atoms with Crippen LogP contribution in [0.5, 0.6) is 0 Å². The van der Waals surface area contributed by atoms with E-state index >= 15 is 0 Å². The molecule has 2 aromatic heterocycles. The summed E-state index contributed by atoms with van der Waals surface area (Å²) in [4.78, 5) is 15.0. The number of aryl methyl sites for hydroxylation is 1. The number of carbonyl (C=O) groups is 1. The first-order valence-corrected chi connectivity index (χ1v) is 8.69. The van der Waals surface area contributed by atoms with Crippen molar-refractivity contribution in [2.75, 3.05) is 13.1 Å². The zero-order valence-electron chi connectivity index (χ0n) is 14.0. The molecule has 1 aliphatic heterocycles. The number of hydrogen-bond acceptors (Lipinski definition) is 5. The third kappa shape index (κ3) is 2.11. The van der Waals surface area contributed by atoms with Crippen LogP contribution in [0.1, 0.15) is 41.4 Å². The third-order valence-corrected chi connectivity index (χ3v) is 5.80. The van der Waals surface area contributed by atoms with E-state index < -0.39 is 0 Å². The number of rotatable bonds is 2. The van der Waals surface area contributed by atoms with Crippen molar-refractivity contribution in [1.29, 1.82) is 0 Å². The third-order valence-electron chi connectivity index (χ3n) is 5.80. The normalized spacial score (nSPS) is 25.6. The van der Waals surface area contributed by atoms with E-state index in [9.17, 15) is 4.79 Å². The molecule has 2 atom stereocenters. The van der Waals surface area contributed by atoms with E-state index in [2.05, 4.69) is 20.4 Å². The predicted octanol–water partition coefficient (Wildman–Crippen LogP) is 2.45. The molecule has 1 saturated carbocycles. The standard InChI is InChI=1S/C18H19N5O2/c1-11-20-22-17(25-11)18-6-2-3-14(18)9-23(10-18)16(24)12-4-5-15-13(7-12)8-19-21-15/h4-5,7-8,14H,2-3,6,9-10H2,1H3,(H,19,21)/t14-,18-/m0/s1. The molecule has 3 aromatic rings. The van der Waals surface area contributed by atoms with E-state index in [4.69, 9.17) is 4.42 Å². The molecule has 3 heterocycles. The monoisotopic (exact) mass is 337 g/mol. The number of H-pyrrole nitrogens is 1. The van der Waals surface area contributed by atoms with E-state index in [1.807, 2.05) is 30.0 Å². The zero-order valence-corrected chi connectivity index (χ0v) is 14.0. The van der Waals surface area contributed by atoms with Crippen LogP contribution in [0, 0.1) is 12.8 Å². The lowest BCUT2D eigenvalue weighted by molar-refractivity contribution is 0.0776. The van der Waals surface area contributed by atoms with Gasteiger partial charge in [-0.05, 0) is 37.0 Å². The summed E-state index contributed by atoms with van der Waals surface area (Å²) >= 11 is 0. The summed E-state index contributed by atoms with van der Waals surface area (Å²) in [5, 5.41) is 16.2. The quantitative estimate of drug-likeness (QED) is 0.776. The van der Waals surface area contributed by atoms with Crippen LogP contribution in [-0.4, -0.2) is 44.3 Å². The van der Waals surface area contributed by atoms with Gasteiger partial charge in [0.2, 0.25) is 11.8 Å². The van der Waals surface area contributed by atoms with Crippen LogP contribution < -0.4 is 0 Å². The molecule has 25 heavy (non-hydrogen) atoms. The number of benzene rings is 1. The Labute approximate surface area is 144 Å². The van der Waals surface area contributed by atoms with E-state index in [0.29, 0.717) is 29.8 Å². The van der Waals surface area contributed by atoms with Crippen molar-refractivity contribution in [1.82, 2.24) is 25.3 Å². The highest BCUT2D eigenvalue weighted by molar-refractivity contribution is 5.98. The summed E-state index contributed by atoms with van der Waals surface area (Å²) in [5.41, 5.74) is 1.47. The van der Waals surface area contributed by atoms with E-state index in [1.54, 1.807) is 6.20 Å². The maximum Gasteiger partial charge on any atom is 0.253 e. The van der Waals surface area contributed by atoms with Gasteiger partial charge in [0.25, 0.3) is 5.91 Å². The lowest BCUT2D eigenvalue weighted by atomic mass is 9.80. The van der Waals surface area contributed by atoms with Crippen LogP contribution in [-0.2, 0) is 5.41 Å². The first-order chi connectivity index (χ1) is 12.2. The topological polar surface area (TPSA) is 87.9 Å². The van der Waals surface area contributed by atoms with Gasteiger partial charge in [-0.3, -0.25) is 9.89 Å². The summed E-state index contributed by atoms with van der Waals surface area (Å²) in [6.07, 6.45) is 5.00. The van der Waals surface area contributed by atoms with Crippen LogP contribution in [0.15, 0.2) is 28.8 Å². The Kier molecular flexibility index (Phi) is 3.01. The Morgan fingerprint density at radius 1 is 1.40 bits per heavy atom. The minimum Gasteiger partial charge on any atom is -0.425 e. The van der Waals surface area contributed by atoms with Crippen LogP contribution in [0.2, 0.25) is 0 Å². The predicted molar refractivity (Wildman–Crippen MR) is 90.1 cm³/mol. The smallest absolute Gasteiger partial charge is 0.253 e. The molecule has 2 aliphatic rings. The summed E-state index contributed by atoms with van der Waals surface area (Å²) < 4.78 is 5.78. The maximum absolute atomic E-state index is 13.1. The fraction of sp³-hybridized carbons (Fsp3) is 0.444. The van der Waals surface area contributed by atoms with Crippen molar-refractivity contribution in [3.63, 3.8) is 0 Å². The van der Waals surface area contributed by atoms with Gasteiger partial charge in [0, 0.05) is 31.0 Å². The van der Waals surface area contributed by atoms with Crippen LogP contribution in [0.25, 0.3) is 10.9 Å². The largest absolute Gasteiger partial charge is 0.425 e. The molecule has 0 spiro atoms. The Bertz CT molecular complexity index is 961. The average molecular weight is 337 g/mol. The number of nitrogens with zero attached hydrogens (tertiary/aromatic N) is 4. The van der Waals surface area contributed by atoms with Gasteiger partial charge in [0.05, 0.1) is 17.1 Å². The van der Waals surface area contributed by atoms with Gasteiger partial charge < -0.3 is 9.32 Å². The Hall–Kier alpha value is -2.70. The number of aromatic amines is 1. The number of carbonyl (C=O) groups excluding carboxylic acids is 1. The number of aromatic nitrogens is 4. The fourth-order valence-electron chi connectivity index (χ4n) is 4.55. The molecule has 0 radical (unpaired) electrons. The molecule has 1 N–H and O–H groups in total.